The topological polar surface area (TPSA) is 67.9 Å². The zero-order chi connectivity index (χ0) is 14.7. The number of amides is 2. The molecule has 21 heavy (non-hydrogen) atoms. The van der Waals surface area contributed by atoms with Gasteiger partial charge in [-0.3, -0.25) is 9.69 Å². The number of para-hydroxylation sites is 1. The Balaban J connectivity index is 1.88. The Hall–Kier alpha value is -2.76. The highest BCUT2D eigenvalue weighted by molar-refractivity contribution is 5.99. The van der Waals surface area contributed by atoms with Gasteiger partial charge >= 0.3 is 6.09 Å². The molecule has 108 valence electrons. The third kappa shape index (κ3) is 2.74. The second-order valence-corrected chi connectivity index (χ2v) is 4.56. The van der Waals surface area contributed by atoms with Crippen LogP contribution >= 0.6 is 0 Å². The number of nitrogens with one attached hydrogen (secondary N) is 1. The van der Waals surface area contributed by atoms with Crippen LogP contribution in [0.2, 0.25) is 0 Å². The van der Waals surface area contributed by atoms with Gasteiger partial charge < -0.3 is 14.8 Å². The summed E-state index contributed by atoms with van der Waals surface area (Å²) in [6.07, 6.45) is 4.82. The van der Waals surface area contributed by atoms with Crippen molar-refractivity contribution >= 4 is 17.7 Å². The van der Waals surface area contributed by atoms with E-state index in [0.717, 1.165) is 0 Å². The predicted molar refractivity (Wildman–Crippen MR) is 75.4 cm³/mol. The second kappa shape index (κ2) is 5.70. The number of carbonyl (C=O) groups excluding carboxylic acids is 2. The molecule has 2 aliphatic rings. The zero-order valence-corrected chi connectivity index (χ0v) is 11.1. The number of alkyl carbamates (subject to hydrolysis) is 1. The van der Waals surface area contributed by atoms with Crippen molar-refractivity contribution in [1.82, 2.24) is 5.32 Å². The van der Waals surface area contributed by atoms with Crippen molar-refractivity contribution in [3.63, 3.8) is 0 Å². The molecule has 1 N–H and O–H groups in total. The van der Waals surface area contributed by atoms with E-state index in [0.29, 0.717) is 5.69 Å². The van der Waals surface area contributed by atoms with Crippen LogP contribution < -0.4 is 10.2 Å². The SMILES string of the molecule is O=C1NCC(C(=O)N(c2ccccc2)C2C=CC=CO2)O1. The lowest BCUT2D eigenvalue weighted by atomic mass is 10.2. The van der Waals surface area contributed by atoms with Gasteiger partial charge in [-0.05, 0) is 24.3 Å². The highest BCUT2D eigenvalue weighted by Crippen LogP contribution is 2.22. The van der Waals surface area contributed by atoms with E-state index in [4.69, 9.17) is 9.47 Å². The Bertz CT molecular complexity index is 597. The quantitative estimate of drug-likeness (QED) is 0.915. The van der Waals surface area contributed by atoms with Gasteiger partial charge in [0, 0.05) is 5.69 Å². The third-order valence-electron chi connectivity index (χ3n) is 3.17. The van der Waals surface area contributed by atoms with E-state index < -0.39 is 18.4 Å². The van der Waals surface area contributed by atoms with Gasteiger partial charge in [0.25, 0.3) is 5.91 Å². The van der Waals surface area contributed by atoms with Crippen LogP contribution in [-0.2, 0) is 14.3 Å². The van der Waals surface area contributed by atoms with Crippen molar-refractivity contribution in [1.29, 1.82) is 0 Å². The van der Waals surface area contributed by atoms with Crippen LogP contribution in [0.25, 0.3) is 0 Å². The van der Waals surface area contributed by atoms with Gasteiger partial charge in [-0.15, -0.1) is 0 Å². The standard InChI is InChI=1S/C15H14N2O4/c18-14(12-10-16-15(19)21-12)17(11-6-2-1-3-7-11)13-8-4-5-9-20-13/h1-9,12-13H,10H2,(H,16,19). The van der Waals surface area contributed by atoms with Gasteiger partial charge in [0.15, 0.2) is 12.3 Å². The molecule has 1 aromatic carbocycles. The fourth-order valence-corrected chi connectivity index (χ4v) is 2.19. The van der Waals surface area contributed by atoms with E-state index in [1.807, 2.05) is 18.2 Å². The van der Waals surface area contributed by atoms with Gasteiger partial charge in [0.05, 0.1) is 12.8 Å². The number of rotatable bonds is 3. The summed E-state index contributed by atoms with van der Waals surface area (Å²) in [6.45, 7) is 0.160. The molecule has 1 saturated heterocycles. The van der Waals surface area contributed by atoms with E-state index in [2.05, 4.69) is 5.32 Å². The molecule has 2 unspecified atom stereocenters. The van der Waals surface area contributed by atoms with Crippen LogP contribution in [0, 0.1) is 0 Å². The highest BCUT2D eigenvalue weighted by Gasteiger charge is 2.36. The lowest BCUT2D eigenvalue weighted by Gasteiger charge is -2.31. The molecule has 0 aromatic heterocycles. The summed E-state index contributed by atoms with van der Waals surface area (Å²) in [5, 5.41) is 2.48. The molecule has 6 heteroatoms. The molecule has 0 aliphatic carbocycles. The molecule has 0 radical (unpaired) electrons. The Morgan fingerprint density at radius 1 is 1.24 bits per heavy atom. The van der Waals surface area contributed by atoms with E-state index in [-0.39, 0.29) is 12.5 Å². The maximum absolute atomic E-state index is 12.7. The first kappa shape index (κ1) is 13.2. The van der Waals surface area contributed by atoms with Gasteiger partial charge in [0.1, 0.15) is 0 Å². The summed E-state index contributed by atoms with van der Waals surface area (Å²) >= 11 is 0. The van der Waals surface area contributed by atoms with Crippen LogP contribution in [-0.4, -0.2) is 30.9 Å². The number of carbonyl (C=O) groups is 2. The Morgan fingerprint density at radius 2 is 2.05 bits per heavy atom. The Kier molecular flexibility index (Phi) is 3.59. The molecular formula is C15H14N2O4. The number of cyclic esters (lactones) is 1. The summed E-state index contributed by atoms with van der Waals surface area (Å²) in [7, 11) is 0. The number of hydrogen-bond donors (Lipinski definition) is 1. The molecule has 3 rings (SSSR count). The zero-order valence-electron chi connectivity index (χ0n) is 11.1. The largest absolute Gasteiger partial charge is 0.474 e. The lowest BCUT2D eigenvalue weighted by molar-refractivity contribution is -0.126. The first-order valence-corrected chi connectivity index (χ1v) is 6.57. The fraction of sp³-hybridized carbons (Fsp3) is 0.200. The first-order chi connectivity index (χ1) is 10.3. The molecule has 2 atom stereocenters. The van der Waals surface area contributed by atoms with Crippen molar-refractivity contribution in [2.45, 2.75) is 12.3 Å². The molecule has 2 amide bonds. The van der Waals surface area contributed by atoms with E-state index in [1.165, 1.54) is 11.2 Å². The van der Waals surface area contributed by atoms with Gasteiger partial charge in [-0.2, -0.15) is 0 Å². The fourth-order valence-electron chi connectivity index (χ4n) is 2.19. The maximum Gasteiger partial charge on any atom is 0.408 e. The Labute approximate surface area is 121 Å². The summed E-state index contributed by atoms with van der Waals surface area (Å²) in [6, 6.07) is 9.13. The van der Waals surface area contributed by atoms with Gasteiger partial charge in [0.2, 0.25) is 0 Å². The lowest BCUT2D eigenvalue weighted by Crippen LogP contribution is -2.47. The number of anilines is 1. The molecule has 6 nitrogen and oxygen atoms in total. The summed E-state index contributed by atoms with van der Waals surface area (Å²) in [5.41, 5.74) is 0.676. The summed E-state index contributed by atoms with van der Waals surface area (Å²) in [5.74, 6) is -0.329. The molecule has 1 fully saturated rings. The van der Waals surface area contributed by atoms with Gasteiger partial charge in [-0.1, -0.05) is 24.3 Å². The second-order valence-electron chi connectivity index (χ2n) is 4.56. The maximum atomic E-state index is 12.7. The first-order valence-electron chi connectivity index (χ1n) is 6.57. The van der Waals surface area contributed by atoms with Crippen LogP contribution in [0.4, 0.5) is 10.5 Å². The molecule has 0 spiro atoms. The Morgan fingerprint density at radius 3 is 2.67 bits per heavy atom. The number of nitrogens with zero attached hydrogens (tertiary/aromatic N) is 1. The van der Waals surface area contributed by atoms with Crippen LogP contribution in [0.1, 0.15) is 0 Å². The number of benzene rings is 1. The number of ether oxygens (including phenoxy) is 2. The van der Waals surface area contributed by atoms with Crippen molar-refractivity contribution in [3.05, 3.63) is 54.8 Å². The summed E-state index contributed by atoms with van der Waals surface area (Å²) in [4.78, 5) is 25.3. The number of hydrogen-bond acceptors (Lipinski definition) is 4. The third-order valence-corrected chi connectivity index (χ3v) is 3.17. The van der Waals surface area contributed by atoms with Crippen molar-refractivity contribution in [2.24, 2.45) is 0 Å². The van der Waals surface area contributed by atoms with Crippen LogP contribution in [0.3, 0.4) is 0 Å². The van der Waals surface area contributed by atoms with Crippen LogP contribution in [0.5, 0.6) is 0 Å². The average molecular weight is 286 g/mol. The van der Waals surface area contributed by atoms with Crippen molar-refractivity contribution < 1.29 is 19.1 Å². The van der Waals surface area contributed by atoms with Gasteiger partial charge in [-0.25, -0.2) is 4.79 Å². The van der Waals surface area contributed by atoms with E-state index in [9.17, 15) is 9.59 Å². The van der Waals surface area contributed by atoms with Crippen LogP contribution in [0.15, 0.2) is 54.8 Å². The minimum atomic E-state index is -0.847. The van der Waals surface area contributed by atoms with Crippen molar-refractivity contribution in [3.8, 4) is 0 Å². The minimum Gasteiger partial charge on any atom is -0.474 e. The molecule has 0 bridgehead atoms. The highest BCUT2D eigenvalue weighted by atomic mass is 16.6. The molecule has 2 heterocycles. The smallest absolute Gasteiger partial charge is 0.408 e. The predicted octanol–water partition coefficient (Wildman–Crippen LogP) is 1.55. The molecule has 0 saturated carbocycles. The van der Waals surface area contributed by atoms with E-state index in [1.54, 1.807) is 30.4 Å². The van der Waals surface area contributed by atoms with Crippen molar-refractivity contribution in [2.75, 3.05) is 11.4 Å². The monoisotopic (exact) mass is 286 g/mol. The summed E-state index contributed by atoms with van der Waals surface area (Å²) < 4.78 is 10.5. The molecular weight excluding hydrogens is 272 g/mol. The molecule has 1 aromatic rings. The van der Waals surface area contributed by atoms with E-state index >= 15 is 0 Å². The normalized spacial score (nSPS) is 23.1. The molecule has 2 aliphatic heterocycles. The number of allylic oxidation sites excluding steroid dienone is 2. The average Bonchev–Trinajstić information content (AvgIpc) is 2.96. The minimum absolute atomic E-state index is 0.160.